The number of aliphatic hydroxyl groups is 2. The van der Waals surface area contributed by atoms with Crippen LogP contribution >= 0.6 is 21.6 Å². The average Bonchev–Trinajstić information content (AvgIpc) is 2.27. The minimum Gasteiger partial charge on any atom is -0.382 e. The van der Waals surface area contributed by atoms with Gasteiger partial charge in [0, 0.05) is 0 Å². The summed E-state index contributed by atoms with van der Waals surface area (Å²) in [6, 6.07) is 0. The van der Waals surface area contributed by atoms with Crippen LogP contribution in [-0.4, -0.2) is 21.1 Å². The van der Waals surface area contributed by atoms with E-state index in [1.807, 2.05) is 0 Å². The molecule has 16 heavy (non-hydrogen) atoms. The van der Waals surface area contributed by atoms with Gasteiger partial charge in [-0.1, -0.05) is 61.1 Å². The van der Waals surface area contributed by atoms with Crippen LogP contribution in [0.2, 0.25) is 0 Å². The molecule has 0 heterocycles. The van der Waals surface area contributed by atoms with E-state index < -0.39 is 0 Å². The van der Waals surface area contributed by atoms with Gasteiger partial charge in [0.05, 0.1) is 0 Å². The van der Waals surface area contributed by atoms with E-state index in [1.165, 1.54) is 47.3 Å². The van der Waals surface area contributed by atoms with Gasteiger partial charge in [0.2, 0.25) is 0 Å². The molecule has 0 amide bonds. The summed E-state index contributed by atoms with van der Waals surface area (Å²) in [4.78, 5) is 0. The SMILES string of the molecule is CCCCCC(O)SSC(O)CCCCC. The summed E-state index contributed by atoms with van der Waals surface area (Å²) >= 11 is 0. The van der Waals surface area contributed by atoms with E-state index in [9.17, 15) is 10.2 Å². The number of unbranched alkanes of at least 4 members (excludes halogenated alkanes) is 4. The lowest BCUT2D eigenvalue weighted by Crippen LogP contribution is -2.03. The molecule has 0 aromatic heterocycles. The predicted molar refractivity (Wildman–Crippen MR) is 75.5 cm³/mol. The third kappa shape index (κ3) is 11.1. The van der Waals surface area contributed by atoms with E-state index in [-0.39, 0.29) is 10.9 Å². The lowest BCUT2D eigenvalue weighted by Gasteiger charge is -2.12. The Balaban J connectivity index is 3.32. The number of hydrogen-bond acceptors (Lipinski definition) is 4. The van der Waals surface area contributed by atoms with Crippen LogP contribution in [0.15, 0.2) is 0 Å². The Morgan fingerprint density at radius 2 is 1.12 bits per heavy atom. The van der Waals surface area contributed by atoms with Gasteiger partial charge in [-0.15, -0.1) is 0 Å². The molecule has 0 aliphatic heterocycles. The van der Waals surface area contributed by atoms with Crippen LogP contribution in [0.1, 0.15) is 65.2 Å². The normalized spacial score (nSPS) is 15.0. The van der Waals surface area contributed by atoms with E-state index in [0.29, 0.717) is 0 Å². The maximum Gasteiger partial charge on any atom is 0.109 e. The van der Waals surface area contributed by atoms with E-state index in [0.717, 1.165) is 25.7 Å². The van der Waals surface area contributed by atoms with Crippen molar-refractivity contribution in [3.05, 3.63) is 0 Å². The van der Waals surface area contributed by atoms with Crippen LogP contribution in [0.3, 0.4) is 0 Å². The molecule has 0 saturated carbocycles. The molecular weight excluding hydrogens is 240 g/mol. The molecule has 4 heteroatoms. The fourth-order valence-electron chi connectivity index (χ4n) is 1.36. The van der Waals surface area contributed by atoms with Crippen molar-refractivity contribution in [1.29, 1.82) is 0 Å². The standard InChI is InChI=1S/C12H26O2S2/c1-3-5-7-9-11(13)15-16-12(14)10-8-6-4-2/h11-14H,3-10H2,1-2H3. The Morgan fingerprint density at radius 1 is 0.750 bits per heavy atom. The summed E-state index contributed by atoms with van der Waals surface area (Å²) in [7, 11) is 2.83. The lowest BCUT2D eigenvalue weighted by molar-refractivity contribution is 0.245. The van der Waals surface area contributed by atoms with Gasteiger partial charge in [-0.2, -0.15) is 0 Å². The van der Waals surface area contributed by atoms with Gasteiger partial charge >= 0.3 is 0 Å². The first-order valence-corrected chi connectivity index (χ1v) is 8.66. The van der Waals surface area contributed by atoms with Crippen molar-refractivity contribution in [3.63, 3.8) is 0 Å². The Bertz CT molecular complexity index is 129. The van der Waals surface area contributed by atoms with Crippen molar-refractivity contribution in [1.82, 2.24) is 0 Å². The maximum absolute atomic E-state index is 9.63. The molecule has 0 rings (SSSR count). The van der Waals surface area contributed by atoms with Gasteiger partial charge in [0.1, 0.15) is 10.9 Å². The molecule has 0 aliphatic carbocycles. The van der Waals surface area contributed by atoms with Crippen molar-refractivity contribution in [2.45, 2.75) is 76.1 Å². The number of aliphatic hydroxyl groups excluding tert-OH is 2. The molecule has 2 unspecified atom stereocenters. The smallest absolute Gasteiger partial charge is 0.109 e. The van der Waals surface area contributed by atoms with Crippen LogP contribution in [0.4, 0.5) is 0 Å². The highest BCUT2D eigenvalue weighted by Crippen LogP contribution is 2.33. The molecule has 0 spiro atoms. The van der Waals surface area contributed by atoms with E-state index in [4.69, 9.17) is 0 Å². The second kappa shape index (κ2) is 12.1. The molecule has 0 radical (unpaired) electrons. The molecular formula is C12H26O2S2. The van der Waals surface area contributed by atoms with Crippen molar-refractivity contribution >= 4 is 21.6 Å². The molecule has 0 aromatic carbocycles. The van der Waals surface area contributed by atoms with Gasteiger partial charge < -0.3 is 10.2 Å². The summed E-state index contributed by atoms with van der Waals surface area (Å²) in [6.07, 6.45) is 8.58. The number of hydrogen-bond donors (Lipinski definition) is 2. The highest BCUT2D eigenvalue weighted by atomic mass is 33.1. The van der Waals surface area contributed by atoms with E-state index >= 15 is 0 Å². The summed E-state index contributed by atoms with van der Waals surface area (Å²) in [5.74, 6) is 0. The van der Waals surface area contributed by atoms with Crippen molar-refractivity contribution in [2.24, 2.45) is 0 Å². The van der Waals surface area contributed by atoms with E-state index in [2.05, 4.69) is 13.8 Å². The Hall–Kier alpha value is 0.620. The molecule has 2 N–H and O–H groups in total. The molecule has 0 saturated heterocycles. The highest BCUT2D eigenvalue weighted by Gasteiger charge is 2.09. The van der Waals surface area contributed by atoms with Crippen LogP contribution in [-0.2, 0) is 0 Å². The zero-order valence-electron chi connectivity index (χ0n) is 10.5. The summed E-state index contributed by atoms with van der Waals surface area (Å²) in [5.41, 5.74) is -0.644. The Labute approximate surface area is 108 Å². The molecule has 2 atom stereocenters. The molecule has 2 nitrogen and oxygen atoms in total. The zero-order chi connectivity index (χ0) is 12.2. The highest BCUT2D eigenvalue weighted by molar-refractivity contribution is 8.77. The molecule has 98 valence electrons. The van der Waals surface area contributed by atoms with Crippen molar-refractivity contribution in [3.8, 4) is 0 Å². The summed E-state index contributed by atoms with van der Waals surface area (Å²) in [5, 5.41) is 19.3. The van der Waals surface area contributed by atoms with Crippen LogP contribution < -0.4 is 0 Å². The van der Waals surface area contributed by atoms with Gasteiger partial charge in [0.15, 0.2) is 0 Å². The first kappa shape index (κ1) is 16.6. The van der Waals surface area contributed by atoms with Gasteiger partial charge in [-0.25, -0.2) is 0 Å². The number of rotatable bonds is 11. The average molecular weight is 266 g/mol. The first-order valence-electron chi connectivity index (χ1n) is 6.39. The van der Waals surface area contributed by atoms with Gasteiger partial charge in [-0.3, -0.25) is 0 Å². The summed E-state index contributed by atoms with van der Waals surface area (Å²) in [6.45, 7) is 4.32. The van der Waals surface area contributed by atoms with Crippen LogP contribution in [0.25, 0.3) is 0 Å². The fourth-order valence-corrected chi connectivity index (χ4v) is 3.49. The second-order valence-corrected chi connectivity index (χ2v) is 6.72. The molecule has 0 fully saturated rings. The topological polar surface area (TPSA) is 40.5 Å². The Morgan fingerprint density at radius 3 is 1.44 bits per heavy atom. The lowest BCUT2D eigenvalue weighted by atomic mass is 10.2. The third-order valence-electron chi connectivity index (χ3n) is 2.39. The van der Waals surface area contributed by atoms with E-state index in [1.54, 1.807) is 0 Å². The molecule has 0 aliphatic rings. The molecule has 0 bridgehead atoms. The fraction of sp³-hybridized carbons (Fsp3) is 1.00. The van der Waals surface area contributed by atoms with Crippen LogP contribution in [0.5, 0.6) is 0 Å². The minimum absolute atomic E-state index is 0.322. The second-order valence-electron chi connectivity index (χ2n) is 4.09. The van der Waals surface area contributed by atoms with Crippen LogP contribution in [0, 0.1) is 0 Å². The monoisotopic (exact) mass is 266 g/mol. The van der Waals surface area contributed by atoms with Crippen molar-refractivity contribution < 1.29 is 10.2 Å². The predicted octanol–water partition coefficient (Wildman–Crippen LogP) is 4.17. The largest absolute Gasteiger partial charge is 0.382 e. The first-order chi connectivity index (χ1) is 7.70. The zero-order valence-corrected chi connectivity index (χ0v) is 12.2. The van der Waals surface area contributed by atoms with Crippen molar-refractivity contribution in [2.75, 3.05) is 0 Å². The maximum atomic E-state index is 9.63. The Kier molecular flexibility index (Phi) is 12.6. The molecule has 0 aromatic rings. The van der Waals surface area contributed by atoms with Gasteiger partial charge in [0.25, 0.3) is 0 Å². The summed E-state index contributed by atoms with van der Waals surface area (Å²) < 4.78 is 0. The third-order valence-corrected chi connectivity index (χ3v) is 5.08. The minimum atomic E-state index is -0.322. The quantitative estimate of drug-likeness (QED) is 0.334. The van der Waals surface area contributed by atoms with Gasteiger partial charge in [-0.05, 0) is 25.7 Å².